The van der Waals surface area contributed by atoms with E-state index in [1.54, 1.807) is 6.07 Å². The van der Waals surface area contributed by atoms with Crippen molar-refractivity contribution in [3.8, 4) is 5.75 Å². The lowest BCUT2D eigenvalue weighted by atomic mass is 10.1. The first kappa shape index (κ1) is 25.0. The van der Waals surface area contributed by atoms with E-state index in [1.165, 1.54) is 6.92 Å². The Morgan fingerprint density at radius 1 is 1.14 bits per heavy atom. The number of carbonyl (C=O) groups excluding carboxylic acids is 1. The summed E-state index contributed by atoms with van der Waals surface area (Å²) >= 11 is 6.18. The van der Waals surface area contributed by atoms with Crippen LogP contribution in [0.25, 0.3) is 0 Å². The van der Waals surface area contributed by atoms with Gasteiger partial charge in [0.25, 0.3) is 0 Å². The molecule has 2 aromatic carbocycles. The number of ether oxygens (including phenoxy) is 1. The van der Waals surface area contributed by atoms with Gasteiger partial charge in [-0.25, -0.2) is 0 Å². The van der Waals surface area contributed by atoms with Gasteiger partial charge in [0.15, 0.2) is 5.96 Å². The highest BCUT2D eigenvalue weighted by atomic mass is 127. The smallest absolute Gasteiger partial charge is 0.221 e. The number of aliphatic imine (C=N–C) groups is 1. The minimum atomic E-state index is -0.109. The third kappa shape index (κ3) is 9.85. The Balaban J connectivity index is 0.00000420. The third-order valence-electron chi connectivity index (χ3n) is 3.77. The summed E-state index contributed by atoms with van der Waals surface area (Å²) in [6, 6.07) is 15.1. The summed E-state index contributed by atoms with van der Waals surface area (Å²) in [4.78, 5) is 15.7. The van der Waals surface area contributed by atoms with Crippen LogP contribution in [-0.4, -0.2) is 38.1 Å². The van der Waals surface area contributed by atoms with Gasteiger partial charge in [-0.05, 0) is 37.1 Å². The van der Waals surface area contributed by atoms with Crippen LogP contribution in [0.2, 0.25) is 5.02 Å². The normalized spacial score (nSPS) is 10.7. The first-order valence-corrected chi connectivity index (χ1v) is 9.72. The molecule has 0 bridgehead atoms. The van der Waals surface area contributed by atoms with Crippen molar-refractivity contribution in [2.24, 2.45) is 4.99 Å². The molecular formula is C21H28ClIN4O2. The van der Waals surface area contributed by atoms with E-state index in [2.05, 4.69) is 20.9 Å². The zero-order valence-electron chi connectivity index (χ0n) is 16.7. The third-order valence-corrected chi connectivity index (χ3v) is 4.14. The number of benzene rings is 2. The number of hydrogen-bond acceptors (Lipinski definition) is 3. The van der Waals surface area contributed by atoms with Gasteiger partial charge in [0, 0.05) is 36.8 Å². The molecule has 0 aliphatic carbocycles. The number of anilines is 1. The Labute approximate surface area is 194 Å². The summed E-state index contributed by atoms with van der Waals surface area (Å²) in [5.41, 5.74) is 1.80. The molecule has 0 radical (unpaired) electrons. The first-order chi connectivity index (χ1) is 13.6. The van der Waals surface area contributed by atoms with E-state index < -0.39 is 0 Å². The van der Waals surface area contributed by atoms with Crippen molar-refractivity contribution in [2.45, 2.75) is 20.3 Å². The SMILES string of the molecule is CCNC(=NCCc1ccccc1Cl)NCCOc1cccc(NC(C)=O)c1.I. The molecule has 0 atom stereocenters. The van der Waals surface area contributed by atoms with Crippen molar-refractivity contribution < 1.29 is 9.53 Å². The van der Waals surface area contributed by atoms with Gasteiger partial charge in [-0.15, -0.1) is 24.0 Å². The minimum Gasteiger partial charge on any atom is -0.492 e. The lowest BCUT2D eigenvalue weighted by Crippen LogP contribution is -2.39. The standard InChI is InChI=1S/C21H27ClN4O2.HI/c1-3-23-21(24-12-11-17-7-4-5-10-20(17)22)25-13-14-28-19-9-6-8-18(15-19)26-16(2)27;/h4-10,15H,3,11-14H2,1-2H3,(H,26,27)(H2,23,24,25);1H. The van der Waals surface area contributed by atoms with Crippen molar-refractivity contribution in [3.63, 3.8) is 0 Å². The lowest BCUT2D eigenvalue weighted by molar-refractivity contribution is -0.114. The second-order valence-corrected chi connectivity index (χ2v) is 6.49. The van der Waals surface area contributed by atoms with Gasteiger partial charge in [-0.3, -0.25) is 9.79 Å². The topological polar surface area (TPSA) is 74.8 Å². The summed E-state index contributed by atoms with van der Waals surface area (Å²) in [6.45, 7) is 5.98. The molecule has 0 unspecified atom stereocenters. The van der Waals surface area contributed by atoms with Crippen LogP contribution in [0.3, 0.4) is 0 Å². The van der Waals surface area contributed by atoms with Crippen molar-refractivity contribution in [1.82, 2.24) is 10.6 Å². The van der Waals surface area contributed by atoms with Crippen LogP contribution >= 0.6 is 35.6 Å². The highest BCUT2D eigenvalue weighted by Crippen LogP contribution is 2.17. The molecule has 2 aromatic rings. The van der Waals surface area contributed by atoms with Gasteiger partial charge >= 0.3 is 0 Å². The molecule has 1 amide bonds. The molecule has 6 nitrogen and oxygen atoms in total. The molecule has 3 N–H and O–H groups in total. The summed E-state index contributed by atoms with van der Waals surface area (Å²) in [7, 11) is 0. The van der Waals surface area contributed by atoms with E-state index in [0.717, 1.165) is 29.5 Å². The summed E-state index contributed by atoms with van der Waals surface area (Å²) < 4.78 is 5.73. The van der Waals surface area contributed by atoms with Crippen molar-refractivity contribution >= 4 is 53.1 Å². The maximum atomic E-state index is 11.1. The fourth-order valence-corrected chi connectivity index (χ4v) is 2.77. The molecular weight excluding hydrogens is 503 g/mol. The molecule has 0 aliphatic rings. The van der Waals surface area contributed by atoms with Gasteiger partial charge < -0.3 is 20.7 Å². The molecule has 0 heterocycles. The van der Waals surface area contributed by atoms with E-state index in [9.17, 15) is 4.79 Å². The Hall–Kier alpha value is -2.00. The summed E-state index contributed by atoms with van der Waals surface area (Å²) in [6.07, 6.45) is 0.780. The number of nitrogens with one attached hydrogen (secondary N) is 3. The van der Waals surface area contributed by atoms with Gasteiger partial charge in [-0.1, -0.05) is 35.9 Å². The number of carbonyl (C=O) groups is 1. The average Bonchev–Trinajstić information content (AvgIpc) is 2.66. The van der Waals surface area contributed by atoms with Crippen LogP contribution < -0.4 is 20.7 Å². The van der Waals surface area contributed by atoms with Crippen LogP contribution in [0.5, 0.6) is 5.75 Å². The Morgan fingerprint density at radius 2 is 1.93 bits per heavy atom. The fraction of sp³-hybridized carbons (Fsp3) is 0.333. The number of amides is 1. The number of nitrogens with zero attached hydrogens (tertiary/aromatic N) is 1. The van der Waals surface area contributed by atoms with Crippen LogP contribution in [0.1, 0.15) is 19.4 Å². The molecule has 2 rings (SSSR count). The second-order valence-electron chi connectivity index (χ2n) is 6.09. The van der Waals surface area contributed by atoms with Gasteiger partial charge in [-0.2, -0.15) is 0 Å². The zero-order valence-corrected chi connectivity index (χ0v) is 19.8. The second kappa shape index (κ2) is 14.1. The molecule has 8 heteroatoms. The average molecular weight is 531 g/mol. The summed E-state index contributed by atoms with van der Waals surface area (Å²) in [5, 5.41) is 9.97. The molecule has 0 spiro atoms. The predicted octanol–water partition coefficient (Wildman–Crippen LogP) is 4.09. The number of guanidine groups is 1. The van der Waals surface area contributed by atoms with Gasteiger partial charge in [0.1, 0.15) is 12.4 Å². The largest absolute Gasteiger partial charge is 0.492 e. The fourth-order valence-electron chi connectivity index (χ4n) is 2.54. The number of halogens is 2. The lowest BCUT2D eigenvalue weighted by Gasteiger charge is -2.13. The molecule has 29 heavy (non-hydrogen) atoms. The molecule has 0 saturated carbocycles. The molecule has 158 valence electrons. The van der Waals surface area contributed by atoms with Crippen LogP contribution in [0, 0.1) is 0 Å². The van der Waals surface area contributed by atoms with Gasteiger partial charge in [0.05, 0.1) is 6.54 Å². The summed E-state index contributed by atoms with van der Waals surface area (Å²) in [5.74, 6) is 1.33. The van der Waals surface area contributed by atoms with E-state index >= 15 is 0 Å². The first-order valence-electron chi connectivity index (χ1n) is 9.34. The molecule has 0 fully saturated rings. The highest BCUT2D eigenvalue weighted by molar-refractivity contribution is 14.0. The zero-order chi connectivity index (χ0) is 20.2. The van der Waals surface area contributed by atoms with Crippen LogP contribution in [-0.2, 0) is 11.2 Å². The molecule has 0 saturated heterocycles. The Kier molecular flexibility index (Phi) is 12.1. The maximum Gasteiger partial charge on any atom is 0.221 e. The number of rotatable bonds is 9. The molecule has 0 aliphatic heterocycles. The monoisotopic (exact) mass is 530 g/mol. The highest BCUT2D eigenvalue weighted by Gasteiger charge is 2.01. The van der Waals surface area contributed by atoms with Crippen LogP contribution in [0.15, 0.2) is 53.5 Å². The maximum absolute atomic E-state index is 11.1. The minimum absolute atomic E-state index is 0. The van der Waals surface area contributed by atoms with Crippen LogP contribution in [0.4, 0.5) is 5.69 Å². The van der Waals surface area contributed by atoms with E-state index in [1.807, 2.05) is 49.4 Å². The predicted molar refractivity (Wildman–Crippen MR) is 131 cm³/mol. The molecule has 0 aromatic heterocycles. The Bertz CT molecular complexity index is 802. The van der Waals surface area contributed by atoms with E-state index in [-0.39, 0.29) is 29.9 Å². The van der Waals surface area contributed by atoms with Crippen molar-refractivity contribution in [1.29, 1.82) is 0 Å². The van der Waals surface area contributed by atoms with Gasteiger partial charge in [0.2, 0.25) is 5.91 Å². The van der Waals surface area contributed by atoms with E-state index in [0.29, 0.717) is 31.1 Å². The van der Waals surface area contributed by atoms with Crippen molar-refractivity contribution in [3.05, 3.63) is 59.1 Å². The van der Waals surface area contributed by atoms with Crippen molar-refractivity contribution in [2.75, 3.05) is 31.6 Å². The Morgan fingerprint density at radius 3 is 2.66 bits per heavy atom. The number of hydrogen-bond donors (Lipinski definition) is 3. The quantitative estimate of drug-likeness (QED) is 0.198. The van der Waals surface area contributed by atoms with E-state index in [4.69, 9.17) is 16.3 Å².